The molecule has 104 valence electrons. The number of rotatable bonds is 8. The molecule has 6 heteroatoms. The predicted octanol–water partition coefficient (Wildman–Crippen LogP) is 2.79. The molecule has 0 amide bonds. The molecule has 0 unspecified atom stereocenters. The summed E-state index contributed by atoms with van der Waals surface area (Å²) >= 11 is 0. The summed E-state index contributed by atoms with van der Waals surface area (Å²) in [5, 5.41) is 0. The summed E-state index contributed by atoms with van der Waals surface area (Å²) in [5.41, 5.74) is 0. The van der Waals surface area contributed by atoms with Gasteiger partial charge >= 0.3 is 7.82 Å². The van der Waals surface area contributed by atoms with Crippen molar-refractivity contribution in [3.8, 4) is 0 Å². The van der Waals surface area contributed by atoms with Crippen LogP contribution in [0.25, 0.3) is 0 Å². The zero-order valence-corrected chi connectivity index (χ0v) is 11.7. The molecule has 0 fully saturated rings. The lowest BCUT2D eigenvalue weighted by Gasteiger charge is -1.98. The molecule has 5 nitrogen and oxygen atoms in total. The average Bonchev–Trinajstić information content (AvgIpc) is 2.20. The van der Waals surface area contributed by atoms with Gasteiger partial charge in [-0.1, -0.05) is 46.0 Å². The number of phosphoric acid groups is 1. The Balaban J connectivity index is 0. The van der Waals surface area contributed by atoms with Gasteiger partial charge in [0.2, 0.25) is 0 Å². The molecule has 0 atom stereocenters. The van der Waals surface area contributed by atoms with E-state index in [1.165, 1.54) is 32.1 Å². The Kier molecular flexibility index (Phi) is 13.8. The van der Waals surface area contributed by atoms with E-state index in [0.29, 0.717) is 5.78 Å². The molecule has 0 aliphatic rings. The van der Waals surface area contributed by atoms with Crippen LogP contribution >= 0.6 is 7.82 Å². The van der Waals surface area contributed by atoms with Crippen molar-refractivity contribution in [2.75, 3.05) is 0 Å². The molecule has 0 aliphatic heterocycles. The summed E-state index contributed by atoms with van der Waals surface area (Å²) in [7, 11) is -4.64. The van der Waals surface area contributed by atoms with Gasteiger partial charge < -0.3 is 14.7 Å². The molecule has 3 N–H and O–H groups in total. The van der Waals surface area contributed by atoms with E-state index in [9.17, 15) is 4.79 Å². The maximum atomic E-state index is 10.9. The van der Waals surface area contributed by atoms with Crippen LogP contribution in [0.3, 0.4) is 0 Å². The quantitative estimate of drug-likeness (QED) is 0.464. The van der Waals surface area contributed by atoms with E-state index in [-0.39, 0.29) is 0 Å². The molecule has 0 heterocycles. The van der Waals surface area contributed by atoms with Gasteiger partial charge in [-0.05, 0) is 6.42 Å². The maximum absolute atomic E-state index is 10.9. The second-order valence-electron chi connectivity index (χ2n) is 3.92. The van der Waals surface area contributed by atoms with Gasteiger partial charge in [0, 0.05) is 12.8 Å². The number of unbranched alkanes of at least 4 members (excludes halogenated alkanes) is 5. The Labute approximate surface area is 103 Å². The monoisotopic (exact) mass is 268 g/mol. The third-order valence-corrected chi connectivity index (χ3v) is 2.20. The van der Waals surface area contributed by atoms with Crippen LogP contribution in [0.15, 0.2) is 0 Å². The van der Waals surface area contributed by atoms with Gasteiger partial charge in [0.15, 0.2) is 0 Å². The van der Waals surface area contributed by atoms with E-state index in [1.807, 2.05) is 6.92 Å². The van der Waals surface area contributed by atoms with E-state index < -0.39 is 7.82 Å². The van der Waals surface area contributed by atoms with Crippen molar-refractivity contribution in [1.82, 2.24) is 0 Å². The van der Waals surface area contributed by atoms with Crippen molar-refractivity contribution in [3.05, 3.63) is 0 Å². The van der Waals surface area contributed by atoms with Crippen LogP contribution in [-0.2, 0) is 9.36 Å². The highest BCUT2D eigenvalue weighted by molar-refractivity contribution is 7.45. The largest absolute Gasteiger partial charge is 0.466 e. The van der Waals surface area contributed by atoms with Gasteiger partial charge in [-0.3, -0.25) is 4.79 Å². The zero-order chi connectivity index (χ0) is 13.7. The lowest BCUT2D eigenvalue weighted by Crippen LogP contribution is -1.93. The highest BCUT2D eigenvalue weighted by atomic mass is 31.2. The smallest absolute Gasteiger partial charge is 0.303 e. The van der Waals surface area contributed by atoms with Gasteiger partial charge in [-0.2, -0.15) is 0 Å². The summed E-state index contributed by atoms with van der Waals surface area (Å²) < 4.78 is 8.88. The molecule has 0 bridgehead atoms. The highest BCUT2D eigenvalue weighted by Crippen LogP contribution is 2.25. The second kappa shape index (κ2) is 12.2. The van der Waals surface area contributed by atoms with Crippen LogP contribution in [0.5, 0.6) is 0 Å². The molecule has 0 rings (SSSR count). The fourth-order valence-corrected chi connectivity index (χ4v) is 1.28. The van der Waals surface area contributed by atoms with Gasteiger partial charge in [0.25, 0.3) is 0 Å². The number of hydrogen-bond acceptors (Lipinski definition) is 2. The van der Waals surface area contributed by atoms with Crippen molar-refractivity contribution >= 4 is 13.6 Å². The van der Waals surface area contributed by atoms with Crippen molar-refractivity contribution < 1.29 is 24.0 Å². The third kappa shape index (κ3) is 31.3. The number of Topliss-reactive ketones (excluding diaryl/α,β-unsaturated/α-hetero) is 1. The summed E-state index contributed by atoms with van der Waals surface area (Å²) in [6.45, 7) is 4.17. The number of ketones is 1. The molecule has 0 spiro atoms. The van der Waals surface area contributed by atoms with E-state index in [1.54, 1.807) is 0 Å². The Morgan fingerprint density at radius 1 is 0.941 bits per heavy atom. The Bertz CT molecular complexity index is 216. The van der Waals surface area contributed by atoms with Crippen LogP contribution in [0.4, 0.5) is 0 Å². The first-order valence-corrected chi connectivity index (χ1v) is 7.67. The second-order valence-corrected chi connectivity index (χ2v) is 4.95. The lowest BCUT2D eigenvalue weighted by atomic mass is 10.1. The van der Waals surface area contributed by atoms with Crippen LogP contribution in [0, 0.1) is 0 Å². The third-order valence-electron chi connectivity index (χ3n) is 2.20. The molecule has 0 aromatic heterocycles. The van der Waals surface area contributed by atoms with Crippen LogP contribution in [0.2, 0.25) is 0 Å². The molecule has 0 aromatic carbocycles. The fourth-order valence-electron chi connectivity index (χ4n) is 1.28. The SMILES string of the molecule is CCCCCCCCC(=O)CC.O=P(O)(O)O. The minimum Gasteiger partial charge on any atom is -0.303 e. The van der Waals surface area contributed by atoms with Gasteiger partial charge in [0.05, 0.1) is 0 Å². The van der Waals surface area contributed by atoms with Crippen molar-refractivity contribution in [3.63, 3.8) is 0 Å². The van der Waals surface area contributed by atoms with Crippen LogP contribution < -0.4 is 0 Å². The molecule has 0 radical (unpaired) electrons. The number of carbonyl (C=O) groups excluding carboxylic acids is 1. The molecule has 0 aromatic rings. The van der Waals surface area contributed by atoms with Gasteiger partial charge in [0.1, 0.15) is 5.78 Å². The van der Waals surface area contributed by atoms with E-state index in [4.69, 9.17) is 19.2 Å². The van der Waals surface area contributed by atoms with Gasteiger partial charge in [-0.15, -0.1) is 0 Å². The summed E-state index contributed by atoms with van der Waals surface area (Å²) in [6, 6.07) is 0. The highest BCUT2D eigenvalue weighted by Gasteiger charge is 2.00. The summed E-state index contributed by atoms with van der Waals surface area (Å²) in [6.07, 6.45) is 9.18. The minimum atomic E-state index is -4.64. The first kappa shape index (κ1) is 19.1. The normalized spacial score (nSPS) is 10.6. The van der Waals surface area contributed by atoms with Crippen molar-refractivity contribution in [2.24, 2.45) is 0 Å². The lowest BCUT2D eigenvalue weighted by molar-refractivity contribution is -0.118. The molecule has 0 aliphatic carbocycles. The molecule has 0 saturated carbocycles. The van der Waals surface area contributed by atoms with Crippen molar-refractivity contribution in [1.29, 1.82) is 0 Å². The molecular formula is C11H25O5P. The first-order chi connectivity index (χ1) is 7.81. The van der Waals surface area contributed by atoms with Crippen LogP contribution in [0.1, 0.15) is 65.2 Å². The van der Waals surface area contributed by atoms with Gasteiger partial charge in [-0.25, -0.2) is 4.57 Å². The van der Waals surface area contributed by atoms with Crippen molar-refractivity contribution in [2.45, 2.75) is 65.2 Å². The van der Waals surface area contributed by atoms with E-state index in [0.717, 1.165) is 19.3 Å². The first-order valence-electron chi connectivity index (χ1n) is 6.11. The van der Waals surface area contributed by atoms with Crippen LogP contribution in [-0.4, -0.2) is 20.5 Å². The average molecular weight is 268 g/mol. The Hall–Kier alpha value is -0.220. The van der Waals surface area contributed by atoms with E-state index >= 15 is 0 Å². The Morgan fingerprint density at radius 3 is 1.76 bits per heavy atom. The number of carbonyl (C=O) groups is 1. The topological polar surface area (TPSA) is 94.8 Å². The predicted molar refractivity (Wildman–Crippen MR) is 67.6 cm³/mol. The Morgan fingerprint density at radius 2 is 1.35 bits per heavy atom. The van der Waals surface area contributed by atoms with E-state index in [2.05, 4.69) is 6.92 Å². The standard InChI is InChI=1S/C11H22O.H3O4P/c1-3-5-6-7-8-9-10-11(12)4-2;1-5(2,3)4/h3-10H2,1-2H3;(H3,1,2,3,4). The molecular weight excluding hydrogens is 243 g/mol. The molecule has 0 saturated heterocycles. The fraction of sp³-hybridized carbons (Fsp3) is 0.909. The summed E-state index contributed by atoms with van der Waals surface area (Å²) in [4.78, 5) is 32.5. The summed E-state index contributed by atoms with van der Waals surface area (Å²) in [5.74, 6) is 0.422. The minimum absolute atomic E-state index is 0.422. The maximum Gasteiger partial charge on any atom is 0.466 e. The zero-order valence-electron chi connectivity index (χ0n) is 10.8. The number of hydrogen-bond donors (Lipinski definition) is 3. The molecule has 17 heavy (non-hydrogen) atoms.